The van der Waals surface area contributed by atoms with E-state index in [1.54, 1.807) is 0 Å². The Morgan fingerprint density at radius 1 is 1.19 bits per heavy atom. The van der Waals surface area contributed by atoms with Crippen LogP contribution in [0.4, 0.5) is 0 Å². The fourth-order valence-corrected chi connectivity index (χ4v) is 3.18. The average Bonchev–Trinajstić information content (AvgIpc) is 3.53. The van der Waals surface area contributed by atoms with E-state index in [2.05, 4.69) is 66.0 Å². The van der Waals surface area contributed by atoms with Crippen molar-refractivity contribution < 1.29 is 4.79 Å². The lowest BCUT2D eigenvalue weighted by atomic mass is 10.0. The van der Waals surface area contributed by atoms with Crippen LogP contribution in [0.5, 0.6) is 0 Å². The number of benzene rings is 1. The minimum Gasteiger partial charge on any atom is -0.357 e. The standard InChI is InChI=1S/C21H32N4O/c1-4-22-21(24-12-11-23-20(26)17-9-10-17)25-19-13-18(19)16-7-5-15(6-8-16)14(2)3/h5-8,14,17-19H,4,9-13H2,1-3H3,(H,23,26)(H2,22,24,25). The summed E-state index contributed by atoms with van der Waals surface area (Å²) in [5.41, 5.74) is 2.79. The third kappa shape index (κ3) is 5.23. The first kappa shape index (κ1) is 18.7. The van der Waals surface area contributed by atoms with Crippen LogP contribution in [0, 0.1) is 5.92 Å². The van der Waals surface area contributed by atoms with Gasteiger partial charge in [0.05, 0.1) is 6.54 Å². The number of guanidine groups is 1. The van der Waals surface area contributed by atoms with Gasteiger partial charge in [0, 0.05) is 31.0 Å². The molecule has 2 fully saturated rings. The first-order valence-corrected chi connectivity index (χ1v) is 10.0. The molecule has 142 valence electrons. The molecular formula is C21H32N4O. The van der Waals surface area contributed by atoms with E-state index in [9.17, 15) is 4.79 Å². The predicted octanol–water partition coefficient (Wildman–Crippen LogP) is 2.75. The lowest BCUT2D eigenvalue weighted by Crippen LogP contribution is -2.39. The Morgan fingerprint density at radius 3 is 2.54 bits per heavy atom. The fourth-order valence-electron chi connectivity index (χ4n) is 3.18. The summed E-state index contributed by atoms with van der Waals surface area (Å²) in [6.45, 7) is 8.57. The second-order valence-electron chi connectivity index (χ2n) is 7.74. The highest BCUT2D eigenvalue weighted by Gasteiger charge is 2.39. The molecule has 2 aliphatic carbocycles. The smallest absolute Gasteiger partial charge is 0.223 e. The molecule has 0 bridgehead atoms. The molecule has 3 N–H and O–H groups in total. The molecule has 5 heteroatoms. The lowest BCUT2D eigenvalue weighted by molar-refractivity contribution is -0.122. The number of aliphatic imine (C=N–C) groups is 1. The van der Waals surface area contributed by atoms with Gasteiger partial charge in [-0.25, -0.2) is 0 Å². The highest BCUT2D eigenvalue weighted by atomic mass is 16.2. The summed E-state index contributed by atoms with van der Waals surface area (Å²) in [4.78, 5) is 16.2. The second kappa shape index (κ2) is 8.56. The van der Waals surface area contributed by atoms with Gasteiger partial charge in [-0.2, -0.15) is 0 Å². The Balaban J connectivity index is 1.45. The maximum atomic E-state index is 11.6. The van der Waals surface area contributed by atoms with Gasteiger partial charge in [-0.15, -0.1) is 0 Å². The zero-order valence-corrected chi connectivity index (χ0v) is 16.2. The minimum absolute atomic E-state index is 0.185. The largest absolute Gasteiger partial charge is 0.357 e. The summed E-state index contributed by atoms with van der Waals surface area (Å²) in [6, 6.07) is 9.46. The SMILES string of the molecule is CCNC(=NCCNC(=O)C1CC1)NC1CC1c1ccc(C(C)C)cc1. The van der Waals surface area contributed by atoms with E-state index in [1.165, 1.54) is 11.1 Å². The molecule has 2 atom stereocenters. The van der Waals surface area contributed by atoms with Crippen LogP contribution in [-0.2, 0) is 4.79 Å². The van der Waals surface area contributed by atoms with E-state index < -0.39 is 0 Å². The Hall–Kier alpha value is -2.04. The van der Waals surface area contributed by atoms with Crippen molar-refractivity contribution in [1.29, 1.82) is 0 Å². The minimum atomic E-state index is 0.185. The number of rotatable bonds is 8. The van der Waals surface area contributed by atoms with Crippen molar-refractivity contribution in [2.24, 2.45) is 10.9 Å². The topological polar surface area (TPSA) is 65.5 Å². The molecule has 2 saturated carbocycles. The van der Waals surface area contributed by atoms with E-state index in [0.717, 1.165) is 31.8 Å². The highest BCUT2D eigenvalue weighted by Crippen LogP contribution is 2.41. The maximum Gasteiger partial charge on any atom is 0.223 e. The molecule has 0 aliphatic heterocycles. The van der Waals surface area contributed by atoms with Gasteiger partial charge in [0.15, 0.2) is 5.96 Å². The number of carbonyl (C=O) groups is 1. The molecule has 0 saturated heterocycles. The van der Waals surface area contributed by atoms with E-state index in [4.69, 9.17) is 0 Å². The van der Waals surface area contributed by atoms with Crippen molar-refractivity contribution in [1.82, 2.24) is 16.0 Å². The quantitative estimate of drug-likeness (QED) is 0.381. The molecule has 3 rings (SSSR count). The maximum absolute atomic E-state index is 11.6. The van der Waals surface area contributed by atoms with Crippen LogP contribution < -0.4 is 16.0 Å². The number of carbonyl (C=O) groups excluding carboxylic acids is 1. The molecule has 2 aliphatic rings. The Kier molecular flexibility index (Phi) is 6.17. The summed E-state index contributed by atoms with van der Waals surface area (Å²) < 4.78 is 0. The van der Waals surface area contributed by atoms with Crippen molar-refractivity contribution >= 4 is 11.9 Å². The molecule has 2 unspecified atom stereocenters. The third-order valence-electron chi connectivity index (χ3n) is 5.12. The second-order valence-corrected chi connectivity index (χ2v) is 7.74. The number of hydrogen-bond acceptors (Lipinski definition) is 2. The van der Waals surface area contributed by atoms with Crippen molar-refractivity contribution in [2.45, 2.75) is 57.9 Å². The highest BCUT2D eigenvalue weighted by molar-refractivity contribution is 5.81. The number of hydrogen-bond donors (Lipinski definition) is 3. The van der Waals surface area contributed by atoms with Gasteiger partial charge in [0.1, 0.15) is 0 Å². The van der Waals surface area contributed by atoms with Gasteiger partial charge >= 0.3 is 0 Å². The first-order chi connectivity index (χ1) is 12.6. The number of nitrogens with zero attached hydrogens (tertiary/aromatic N) is 1. The van der Waals surface area contributed by atoms with Crippen molar-refractivity contribution in [3.8, 4) is 0 Å². The van der Waals surface area contributed by atoms with Crippen LogP contribution in [0.15, 0.2) is 29.3 Å². The van der Waals surface area contributed by atoms with E-state index in [-0.39, 0.29) is 11.8 Å². The summed E-state index contributed by atoms with van der Waals surface area (Å²) in [7, 11) is 0. The number of nitrogens with one attached hydrogen (secondary N) is 3. The van der Waals surface area contributed by atoms with Crippen LogP contribution in [0.1, 0.15) is 63.0 Å². The van der Waals surface area contributed by atoms with E-state index >= 15 is 0 Å². The van der Waals surface area contributed by atoms with Gasteiger partial charge in [-0.1, -0.05) is 38.1 Å². The van der Waals surface area contributed by atoms with Crippen LogP contribution in [0.3, 0.4) is 0 Å². The van der Waals surface area contributed by atoms with Crippen molar-refractivity contribution in [2.75, 3.05) is 19.6 Å². The lowest BCUT2D eigenvalue weighted by Gasteiger charge is -2.12. The van der Waals surface area contributed by atoms with Crippen LogP contribution in [0.2, 0.25) is 0 Å². The fraction of sp³-hybridized carbons (Fsp3) is 0.619. The van der Waals surface area contributed by atoms with Crippen LogP contribution in [-0.4, -0.2) is 37.5 Å². The van der Waals surface area contributed by atoms with E-state index in [1.807, 2.05) is 0 Å². The molecular weight excluding hydrogens is 324 g/mol. The summed E-state index contributed by atoms with van der Waals surface area (Å²) in [5, 5.41) is 9.79. The van der Waals surface area contributed by atoms with Crippen LogP contribution in [0.25, 0.3) is 0 Å². The normalized spacial score (nSPS) is 22.2. The van der Waals surface area contributed by atoms with Crippen molar-refractivity contribution in [3.05, 3.63) is 35.4 Å². The van der Waals surface area contributed by atoms with Gasteiger partial charge < -0.3 is 16.0 Å². The van der Waals surface area contributed by atoms with Gasteiger partial charge in [0.25, 0.3) is 0 Å². The Bertz CT molecular complexity index is 634. The third-order valence-corrected chi connectivity index (χ3v) is 5.12. The zero-order valence-electron chi connectivity index (χ0n) is 16.2. The zero-order chi connectivity index (χ0) is 18.5. The first-order valence-electron chi connectivity index (χ1n) is 10.0. The average molecular weight is 357 g/mol. The molecule has 0 radical (unpaired) electrons. The molecule has 1 amide bonds. The van der Waals surface area contributed by atoms with Gasteiger partial charge in [-0.05, 0) is 43.2 Å². The van der Waals surface area contributed by atoms with Gasteiger partial charge in [0.2, 0.25) is 5.91 Å². The molecule has 5 nitrogen and oxygen atoms in total. The molecule has 0 aromatic heterocycles. The summed E-state index contributed by atoms with van der Waals surface area (Å²) >= 11 is 0. The van der Waals surface area contributed by atoms with E-state index in [0.29, 0.717) is 31.0 Å². The molecule has 0 heterocycles. The van der Waals surface area contributed by atoms with Crippen LogP contribution >= 0.6 is 0 Å². The molecule has 1 aromatic carbocycles. The summed E-state index contributed by atoms with van der Waals surface area (Å²) in [6.07, 6.45) is 3.23. The Labute approximate surface area is 157 Å². The molecule has 26 heavy (non-hydrogen) atoms. The predicted molar refractivity (Wildman–Crippen MR) is 107 cm³/mol. The molecule has 1 aromatic rings. The van der Waals surface area contributed by atoms with Crippen molar-refractivity contribution in [3.63, 3.8) is 0 Å². The van der Waals surface area contributed by atoms with Gasteiger partial charge in [-0.3, -0.25) is 9.79 Å². The summed E-state index contributed by atoms with van der Waals surface area (Å²) in [5.74, 6) is 2.43. The molecule has 0 spiro atoms. The monoisotopic (exact) mass is 356 g/mol. The Morgan fingerprint density at radius 2 is 1.92 bits per heavy atom. The number of amides is 1.